The van der Waals surface area contributed by atoms with Gasteiger partial charge in [-0.2, -0.15) is 17.2 Å². The number of allylic oxidation sites excluding steroid dienone is 3. The van der Waals surface area contributed by atoms with Gasteiger partial charge in [0.2, 0.25) is 0 Å². The standard InChI is InChI=1S/C18H19F4NO5S/c1-10-13(16(24)27-3)14(12-7-5-4-6-8-12)15(11(2)23-10)29(25,26)28-9-18(21,22)17(19)20/h4-8,14,17,23H,9H2,1-3H3. The Hall–Kier alpha value is -2.40. The summed E-state index contributed by atoms with van der Waals surface area (Å²) in [6.07, 6.45) is -4.10. The van der Waals surface area contributed by atoms with E-state index in [-0.39, 0.29) is 11.3 Å². The largest absolute Gasteiger partial charge is 0.466 e. The van der Waals surface area contributed by atoms with Crippen LogP contribution in [0.25, 0.3) is 0 Å². The molecule has 6 nitrogen and oxygen atoms in total. The van der Waals surface area contributed by atoms with Crippen molar-refractivity contribution < 1.29 is 39.7 Å². The van der Waals surface area contributed by atoms with Crippen LogP contribution in [0.4, 0.5) is 17.6 Å². The highest BCUT2D eigenvalue weighted by Gasteiger charge is 2.45. The molecule has 0 aliphatic carbocycles. The second-order valence-corrected chi connectivity index (χ2v) is 7.85. The van der Waals surface area contributed by atoms with E-state index in [0.717, 1.165) is 7.11 Å². The topological polar surface area (TPSA) is 81.7 Å². The molecule has 160 valence electrons. The van der Waals surface area contributed by atoms with Crippen LogP contribution in [0.1, 0.15) is 25.3 Å². The number of halogens is 4. The maximum Gasteiger partial charge on any atom is 0.336 e. The number of nitrogens with one attached hydrogen (secondary N) is 1. The lowest BCUT2D eigenvalue weighted by Gasteiger charge is -2.30. The highest BCUT2D eigenvalue weighted by atomic mass is 32.2. The Labute approximate surface area is 165 Å². The van der Waals surface area contributed by atoms with Crippen molar-refractivity contribution in [2.75, 3.05) is 13.7 Å². The molecular formula is C18H19F4NO5S. The number of carbonyl (C=O) groups excluding carboxylic acids is 1. The fourth-order valence-corrected chi connectivity index (χ4v) is 4.34. The number of alkyl halides is 4. The number of methoxy groups -OCH3 is 1. The van der Waals surface area contributed by atoms with Gasteiger partial charge in [0.05, 0.1) is 18.6 Å². The summed E-state index contributed by atoms with van der Waals surface area (Å²) in [7, 11) is -3.83. The van der Waals surface area contributed by atoms with E-state index < -0.39 is 45.9 Å². The maximum atomic E-state index is 13.2. The SMILES string of the molecule is COC(=O)C1=C(C)NC(C)=C(S(=O)(=O)OCC(F)(F)C(F)F)C1c1ccccc1. The molecule has 1 atom stereocenters. The lowest BCUT2D eigenvalue weighted by molar-refractivity contribution is -0.147. The molecule has 0 radical (unpaired) electrons. The molecule has 29 heavy (non-hydrogen) atoms. The van der Waals surface area contributed by atoms with E-state index in [0.29, 0.717) is 11.3 Å². The number of rotatable bonds is 7. The predicted molar refractivity (Wildman–Crippen MR) is 95.6 cm³/mol. The molecule has 1 aliphatic heterocycles. The van der Waals surface area contributed by atoms with Gasteiger partial charge >= 0.3 is 18.3 Å². The quantitative estimate of drug-likeness (QED) is 0.401. The third-order valence-corrected chi connectivity index (χ3v) is 5.74. The number of benzene rings is 1. The minimum Gasteiger partial charge on any atom is -0.466 e. The molecule has 0 saturated heterocycles. The van der Waals surface area contributed by atoms with Crippen molar-refractivity contribution in [1.29, 1.82) is 0 Å². The van der Waals surface area contributed by atoms with E-state index >= 15 is 0 Å². The monoisotopic (exact) mass is 437 g/mol. The molecule has 1 N–H and O–H groups in total. The lowest BCUT2D eigenvalue weighted by atomic mass is 9.86. The van der Waals surface area contributed by atoms with E-state index in [1.165, 1.54) is 26.0 Å². The summed E-state index contributed by atoms with van der Waals surface area (Å²) in [5.41, 5.74) is 0.562. The van der Waals surface area contributed by atoms with E-state index in [9.17, 15) is 30.8 Å². The zero-order valence-electron chi connectivity index (χ0n) is 15.7. The van der Waals surface area contributed by atoms with Crippen molar-refractivity contribution in [3.8, 4) is 0 Å². The first kappa shape index (κ1) is 22.9. The lowest BCUT2D eigenvalue weighted by Crippen LogP contribution is -2.36. The zero-order chi connectivity index (χ0) is 22.0. The Kier molecular flexibility index (Phi) is 6.74. The van der Waals surface area contributed by atoms with Gasteiger partial charge in [-0.1, -0.05) is 30.3 Å². The highest BCUT2D eigenvalue weighted by molar-refractivity contribution is 7.90. The fraction of sp³-hybridized carbons (Fsp3) is 0.389. The Bertz CT molecular complexity index is 942. The summed E-state index contributed by atoms with van der Waals surface area (Å²) in [6, 6.07) is 7.90. The number of ether oxygens (including phenoxy) is 1. The zero-order valence-corrected chi connectivity index (χ0v) is 16.5. The van der Waals surface area contributed by atoms with Gasteiger partial charge in [-0.05, 0) is 19.4 Å². The van der Waals surface area contributed by atoms with Crippen LogP contribution in [-0.2, 0) is 23.8 Å². The van der Waals surface area contributed by atoms with Crippen molar-refractivity contribution in [2.24, 2.45) is 0 Å². The maximum absolute atomic E-state index is 13.2. The van der Waals surface area contributed by atoms with E-state index in [1.54, 1.807) is 18.2 Å². The molecule has 0 aromatic heterocycles. The average molecular weight is 437 g/mol. The Morgan fingerprint density at radius 1 is 1.17 bits per heavy atom. The Balaban J connectivity index is 2.58. The van der Waals surface area contributed by atoms with Gasteiger partial charge in [0.1, 0.15) is 11.5 Å². The number of esters is 1. The second-order valence-electron chi connectivity index (χ2n) is 6.27. The van der Waals surface area contributed by atoms with Gasteiger partial charge in [-0.3, -0.25) is 4.18 Å². The van der Waals surface area contributed by atoms with Crippen molar-refractivity contribution in [1.82, 2.24) is 5.32 Å². The molecule has 1 aliphatic rings. The second kappa shape index (κ2) is 8.54. The molecule has 1 aromatic carbocycles. The molecule has 0 spiro atoms. The van der Waals surface area contributed by atoms with Gasteiger partial charge in [0.15, 0.2) is 0 Å². The Morgan fingerprint density at radius 3 is 2.28 bits per heavy atom. The third kappa shape index (κ3) is 4.78. The molecule has 1 unspecified atom stereocenters. The molecule has 2 rings (SSSR count). The summed E-state index contributed by atoms with van der Waals surface area (Å²) < 4.78 is 85.7. The first-order valence-corrected chi connectivity index (χ1v) is 9.70. The number of hydrogen-bond acceptors (Lipinski definition) is 6. The van der Waals surface area contributed by atoms with Gasteiger partial charge in [0, 0.05) is 11.4 Å². The normalized spacial score (nSPS) is 18.1. The first-order chi connectivity index (χ1) is 13.4. The summed E-state index contributed by atoms with van der Waals surface area (Å²) in [5.74, 6) is -6.75. The van der Waals surface area contributed by atoms with Gasteiger partial charge in [-0.25, -0.2) is 13.6 Å². The van der Waals surface area contributed by atoms with Gasteiger partial charge in [0.25, 0.3) is 10.1 Å². The van der Waals surface area contributed by atoms with Crippen LogP contribution in [0.15, 0.2) is 52.2 Å². The van der Waals surface area contributed by atoms with Crippen LogP contribution in [0.3, 0.4) is 0 Å². The third-order valence-electron chi connectivity index (χ3n) is 4.23. The number of dihydropyridines is 1. The molecule has 11 heteroatoms. The summed E-state index contributed by atoms with van der Waals surface area (Å²) in [6.45, 7) is 0.817. The Morgan fingerprint density at radius 2 is 1.76 bits per heavy atom. The van der Waals surface area contributed by atoms with Crippen molar-refractivity contribution >= 4 is 16.1 Å². The summed E-state index contributed by atoms with van der Waals surface area (Å²) >= 11 is 0. The molecule has 1 heterocycles. The molecule has 0 saturated carbocycles. The molecule has 1 aromatic rings. The van der Waals surface area contributed by atoms with E-state index in [4.69, 9.17) is 4.74 Å². The van der Waals surface area contributed by atoms with Crippen LogP contribution in [0.2, 0.25) is 0 Å². The van der Waals surface area contributed by atoms with Crippen molar-refractivity contribution in [3.05, 3.63) is 57.8 Å². The molecule has 0 fully saturated rings. The van der Waals surface area contributed by atoms with Crippen LogP contribution in [-0.4, -0.2) is 40.5 Å². The molecule has 0 amide bonds. The van der Waals surface area contributed by atoms with Crippen LogP contribution in [0, 0.1) is 0 Å². The van der Waals surface area contributed by atoms with Crippen molar-refractivity contribution in [2.45, 2.75) is 32.1 Å². The molecule has 0 bridgehead atoms. The van der Waals surface area contributed by atoms with Gasteiger partial charge < -0.3 is 10.1 Å². The van der Waals surface area contributed by atoms with Crippen LogP contribution in [0.5, 0.6) is 0 Å². The van der Waals surface area contributed by atoms with Crippen LogP contribution < -0.4 is 5.32 Å². The molecular weight excluding hydrogens is 418 g/mol. The fourth-order valence-electron chi connectivity index (χ4n) is 2.93. The van der Waals surface area contributed by atoms with Gasteiger partial charge in [-0.15, -0.1) is 0 Å². The van der Waals surface area contributed by atoms with Crippen LogP contribution >= 0.6 is 0 Å². The average Bonchev–Trinajstić information content (AvgIpc) is 2.65. The van der Waals surface area contributed by atoms with Crippen molar-refractivity contribution in [3.63, 3.8) is 0 Å². The number of carbonyl (C=O) groups is 1. The number of hydrogen-bond donors (Lipinski definition) is 1. The smallest absolute Gasteiger partial charge is 0.336 e. The van der Waals surface area contributed by atoms with E-state index in [2.05, 4.69) is 9.50 Å². The van der Waals surface area contributed by atoms with E-state index in [1.807, 2.05) is 0 Å². The first-order valence-electron chi connectivity index (χ1n) is 8.29. The summed E-state index contributed by atoms with van der Waals surface area (Å²) in [5, 5.41) is 2.68. The minimum absolute atomic E-state index is 0.00405. The summed E-state index contributed by atoms with van der Waals surface area (Å²) in [4.78, 5) is 11.8. The minimum atomic E-state index is -4.93. The highest BCUT2D eigenvalue weighted by Crippen LogP contribution is 2.42. The predicted octanol–water partition coefficient (Wildman–Crippen LogP) is 3.30.